The van der Waals surface area contributed by atoms with Crippen molar-refractivity contribution in [2.24, 2.45) is 0 Å². The number of hydrogen-bond donors (Lipinski definition) is 2. The van der Waals surface area contributed by atoms with Crippen molar-refractivity contribution in [1.82, 2.24) is 19.4 Å². The molecule has 1 aromatic carbocycles. The van der Waals surface area contributed by atoms with Crippen LogP contribution in [0.25, 0.3) is 5.65 Å². The number of imidazole rings is 1. The Hall–Kier alpha value is -3.94. The van der Waals surface area contributed by atoms with Crippen LogP contribution in [0, 0.1) is 13.8 Å². The van der Waals surface area contributed by atoms with E-state index in [-0.39, 0.29) is 5.91 Å². The highest BCUT2D eigenvalue weighted by molar-refractivity contribution is 6.04. The molecule has 4 aromatic rings. The van der Waals surface area contributed by atoms with Crippen LogP contribution in [-0.4, -0.2) is 38.3 Å². The lowest BCUT2D eigenvalue weighted by molar-refractivity contribution is 0.102. The Kier molecular flexibility index (Phi) is 6.02. The molecule has 3 aromatic heterocycles. The molecule has 0 saturated carbocycles. The minimum absolute atomic E-state index is 0.201. The molecule has 0 aliphatic rings. The molecular weight excluding hydrogens is 402 g/mol. The van der Waals surface area contributed by atoms with Gasteiger partial charge in [0.2, 0.25) is 5.95 Å². The van der Waals surface area contributed by atoms with Gasteiger partial charge in [0.15, 0.2) is 0 Å². The number of aryl methyl sites for hydroxylation is 2. The van der Waals surface area contributed by atoms with Crippen molar-refractivity contribution in [3.05, 3.63) is 71.8 Å². The molecule has 4 rings (SSSR count). The highest BCUT2D eigenvalue weighted by Gasteiger charge is 2.16. The summed E-state index contributed by atoms with van der Waals surface area (Å²) in [6.45, 7) is 9.77. The van der Waals surface area contributed by atoms with Crippen molar-refractivity contribution in [2.75, 3.05) is 28.6 Å². The van der Waals surface area contributed by atoms with Gasteiger partial charge in [0.05, 0.1) is 5.69 Å². The molecule has 0 radical (unpaired) electrons. The molecule has 1 amide bonds. The standard InChI is InChI=1S/C24H27N7O/c1-5-30(6-2)21-15-16(3)25-24(29-21)28-19-12-10-18(11-13-19)27-23(32)22-17(4)26-20-9-7-8-14-31(20)22/h7-15H,5-6H2,1-4H3,(H,27,32)(H,25,28,29). The van der Waals surface area contributed by atoms with Gasteiger partial charge < -0.3 is 15.5 Å². The predicted octanol–water partition coefficient (Wildman–Crippen LogP) is 4.58. The molecular formula is C24H27N7O. The number of anilines is 4. The topological polar surface area (TPSA) is 87.5 Å². The number of pyridine rings is 1. The van der Waals surface area contributed by atoms with Crippen LogP contribution in [-0.2, 0) is 0 Å². The molecule has 0 fully saturated rings. The van der Waals surface area contributed by atoms with Crippen molar-refractivity contribution < 1.29 is 4.79 Å². The molecule has 2 N–H and O–H groups in total. The van der Waals surface area contributed by atoms with Crippen LogP contribution in [0.4, 0.5) is 23.1 Å². The van der Waals surface area contributed by atoms with E-state index in [0.717, 1.165) is 35.9 Å². The first-order chi connectivity index (χ1) is 15.5. The first-order valence-electron chi connectivity index (χ1n) is 10.7. The Labute approximate surface area is 187 Å². The molecule has 0 aliphatic heterocycles. The molecule has 0 bridgehead atoms. The Morgan fingerprint density at radius 1 is 0.969 bits per heavy atom. The summed E-state index contributed by atoms with van der Waals surface area (Å²) in [4.78, 5) is 28.6. The number of hydrogen-bond acceptors (Lipinski definition) is 6. The van der Waals surface area contributed by atoms with Gasteiger partial charge in [0.25, 0.3) is 5.91 Å². The maximum atomic E-state index is 12.9. The maximum Gasteiger partial charge on any atom is 0.274 e. The number of benzene rings is 1. The predicted molar refractivity (Wildman–Crippen MR) is 128 cm³/mol. The fraction of sp³-hybridized carbons (Fsp3) is 0.250. The van der Waals surface area contributed by atoms with Gasteiger partial charge in [-0.1, -0.05) is 6.07 Å². The zero-order valence-electron chi connectivity index (χ0n) is 18.8. The highest BCUT2D eigenvalue weighted by atomic mass is 16.2. The zero-order valence-corrected chi connectivity index (χ0v) is 18.8. The number of carbonyl (C=O) groups is 1. The van der Waals surface area contributed by atoms with Gasteiger partial charge in [-0.05, 0) is 64.1 Å². The van der Waals surface area contributed by atoms with Gasteiger partial charge in [0.1, 0.15) is 17.2 Å². The molecule has 8 heteroatoms. The van der Waals surface area contributed by atoms with Gasteiger partial charge in [-0.2, -0.15) is 4.98 Å². The normalized spacial score (nSPS) is 10.9. The third-order valence-corrected chi connectivity index (χ3v) is 5.25. The van der Waals surface area contributed by atoms with E-state index in [1.807, 2.05) is 68.6 Å². The summed E-state index contributed by atoms with van der Waals surface area (Å²) in [5, 5.41) is 6.21. The maximum absolute atomic E-state index is 12.9. The van der Waals surface area contributed by atoms with Crippen LogP contribution in [0.15, 0.2) is 54.7 Å². The molecule has 8 nitrogen and oxygen atoms in total. The van der Waals surface area contributed by atoms with Crippen molar-refractivity contribution in [3.63, 3.8) is 0 Å². The van der Waals surface area contributed by atoms with Gasteiger partial charge in [-0.25, -0.2) is 9.97 Å². The largest absolute Gasteiger partial charge is 0.357 e. The molecule has 3 heterocycles. The van der Waals surface area contributed by atoms with E-state index in [1.165, 1.54) is 0 Å². The number of aromatic nitrogens is 4. The quantitative estimate of drug-likeness (QED) is 0.447. The Bertz CT molecular complexity index is 1240. The fourth-order valence-electron chi connectivity index (χ4n) is 3.66. The second kappa shape index (κ2) is 9.05. The van der Waals surface area contributed by atoms with Crippen LogP contribution in [0.2, 0.25) is 0 Å². The Morgan fingerprint density at radius 3 is 2.41 bits per heavy atom. The number of amides is 1. The van der Waals surface area contributed by atoms with Crippen LogP contribution >= 0.6 is 0 Å². The Balaban J connectivity index is 1.49. The van der Waals surface area contributed by atoms with Crippen molar-refractivity contribution in [3.8, 4) is 0 Å². The highest BCUT2D eigenvalue weighted by Crippen LogP contribution is 2.21. The first-order valence-corrected chi connectivity index (χ1v) is 10.7. The third-order valence-electron chi connectivity index (χ3n) is 5.25. The van der Waals surface area contributed by atoms with E-state index in [9.17, 15) is 4.79 Å². The van der Waals surface area contributed by atoms with Crippen LogP contribution in [0.1, 0.15) is 35.7 Å². The second-order valence-corrected chi connectivity index (χ2v) is 7.49. The molecule has 0 spiro atoms. The summed E-state index contributed by atoms with van der Waals surface area (Å²) in [5.41, 5.74) is 4.39. The lowest BCUT2D eigenvalue weighted by atomic mass is 10.2. The lowest BCUT2D eigenvalue weighted by Crippen LogP contribution is -2.23. The molecule has 0 saturated heterocycles. The second-order valence-electron chi connectivity index (χ2n) is 7.49. The molecule has 0 aliphatic carbocycles. The van der Waals surface area contributed by atoms with Crippen LogP contribution in [0.3, 0.4) is 0 Å². The van der Waals surface area contributed by atoms with Crippen LogP contribution in [0.5, 0.6) is 0 Å². The summed E-state index contributed by atoms with van der Waals surface area (Å²) in [7, 11) is 0. The average molecular weight is 430 g/mol. The molecule has 164 valence electrons. The minimum Gasteiger partial charge on any atom is -0.357 e. The summed E-state index contributed by atoms with van der Waals surface area (Å²) in [5.74, 6) is 1.25. The SMILES string of the molecule is CCN(CC)c1cc(C)nc(Nc2ccc(NC(=O)c3c(C)nc4ccccn34)cc2)n1. The number of nitrogens with one attached hydrogen (secondary N) is 2. The van der Waals surface area contributed by atoms with Crippen molar-refractivity contribution in [2.45, 2.75) is 27.7 Å². The van der Waals surface area contributed by atoms with E-state index in [1.54, 1.807) is 4.40 Å². The number of carbonyl (C=O) groups excluding carboxylic acids is 1. The molecule has 0 unspecified atom stereocenters. The van der Waals surface area contributed by atoms with Gasteiger partial charge in [-0.3, -0.25) is 9.20 Å². The van der Waals surface area contributed by atoms with Crippen molar-refractivity contribution in [1.29, 1.82) is 0 Å². The van der Waals surface area contributed by atoms with E-state index >= 15 is 0 Å². The average Bonchev–Trinajstić information content (AvgIpc) is 3.11. The number of rotatable bonds is 7. The minimum atomic E-state index is -0.201. The summed E-state index contributed by atoms with van der Waals surface area (Å²) in [6, 6.07) is 15.1. The summed E-state index contributed by atoms with van der Waals surface area (Å²) < 4.78 is 1.79. The molecule has 0 atom stereocenters. The monoisotopic (exact) mass is 429 g/mol. The number of nitrogens with zero attached hydrogens (tertiary/aromatic N) is 5. The lowest BCUT2D eigenvalue weighted by Gasteiger charge is -2.20. The van der Waals surface area contributed by atoms with E-state index < -0.39 is 0 Å². The summed E-state index contributed by atoms with van der Waals surface area (Å²) >= 11 is 0. The summed E-state index contributed by atoms with van der Waals surface area (Å²) in [6.07, 6.45) is 1.84. The van der Waals surface area contributed by atoms with Crippen LogP contribution < -0.4 is 15.5 Å². The van der Waals surface area contributed by atoms with Gasteiger partial charge in [0, 0.05) is 42.4 Å². The van der Waals surface area contributed by atoms with Crippen molar-refractivity contribution >= 4 is 34.7 Å². The third kappa shape index (κ3) is 4.39. The fourth-order valence-corrected chi connectivity index (χ4v) is 3.66. The molecule has 32 heavy (non-hydrogen) atoms. The van der Waals surface area contributed by atoms with Gasteiger partial charge in [-0.15, -0.1) is 0 Å². The van der Waals surface area contributed by atoms with E-state index in [0.29, 0.717) is 23.0 Å². The Morgan fingerprint density at radius 2 is 1.69 bits per heavy atom. The van der Waals surface area contributed by atoms with E-state index in [2.05, 4.69) is 44.3 Å². The van der Waals surface area contributed by atoms with Gasteiger partial charge >= 0.3 is 0 Å². The zero-order chi connectivity index (χ0) is 22.7. The number of fused-ring (bicyclic) bond motifs is 1. The van der Waals surface area contributed by atoms with E-state index in [4.69, 9.17) is 0 Å². The smallest absolute Gasteiger partial charge is 0.274 e. The first kappa shape index (κ1) is 21.3.